The lowest BCUT2D eigenvalue weighted by Crippen LogP contribution is -2.27. The lowest BCUT2D eigenvalue weighted by molar-refractivity contribution is 0.0600. The van der Waals surface area contributed by atoms with Crippen molar-refractivity contribution in [1.29, 1.82) is 0 Å². The number of amides is 1. The summed E-state index contributed by atoms with van der Waals surface area (Å²) in [5.74, 6) is -1.16. The van der Waals surface area contributed by atoms with Crippen LogP contribution in [0.3, 0.4) is 0 Å². The van der Waals surface area contributed by atoms with E-state index < -0.39 is 5.82 Å². The van der Waals surface area contributed by atoms with Gasteiger partial charge in [-0.3, -0.25) is 4.79 Å². The van der Waals surface area contributed by atoms with Crippen molar-refractivity contribution in [1.82, 2.24) is 5.32 Å². The Morgan fingerprint density at radius 3 is 2.40 bits per heavy atom. The highest BCUT2D eigenvalue weighted by atomic mass is 19.1. The highest BCUT2D eigenvalue weighted by Gasteiger charge is 2.13. The molecule has 5 nitrogen and oxygen atoms in total. The standard InChI is InChI=1S/C19H21FN2O3/c1-22(2)17-9-8-15(20)12-16(17)18(23)21-11-10-13-4-6-14(7-5-13)19(24)25-3/h4-9,12H,10-11H2,1-3H3,(H,21,23). The molecule has 0 aliphatic heterocycles. The second-order valence-corrected chi connectivity index (χ2v) is 5.75. The molecule has 0 aliphatic rings. The maximum Gasteiger partial charge on any atom is 0.337 e. The van der Waals surface area contributed by atoms with Gasteiger partial charge >= 0.3 is 5.97 Å². The molecule has 25 heavy (non-hydrogen) atoms. The number of hydrogen-bond donors (Lipinski definition) is 1. The topological polar surface area (TPSA) is 58.6 Å². The van der Waals surface area contributed by atoms with E-state index >= 15 is 0 Å². The fourth-order valence-electron chi connectivity index (χ4n) is 2.42. The Labute approximate surface area is 146 Å². The predicted octanol–water partition coefficient (Wildman–Crippen LogP) is 2.65. The monoisotopic (exact) mass is 344 g/mol. The summed E-state index contributed by atoms with van der Waals surface area (Å²) >= 11 is 0. The van der Waals surface area contributed by atoms with Gasteiger partial charge in [0, 0.05) is 26.3 Å². The van der Waals surface area contributed by atoms with Gasteiger partial charge < -0.3 is 15.0 Å². The number of anilines is 1. The molecular formula is C19H21FN2O3. The summed E-state index contributed by atoms with van der Waals surface area (Å²) in [7, 11) is 4.93. The Morgan fingerprint density at radius 2 is 1.80 bits per heavy atom. The summed E-state index contributed by atoms with van der Waals surface area (Å²) in [6.07, 6.45) is 0.597. The van der Waals surface area contributed by atoms with Crippen LogP contribution in [-0.4, -0.2) is 39.6 Å². The van der Waals surface area contributed by atoms with Crippen LogP contribution in [0.25, 0.3) is 0 Å². The largest absolute Gasteiger partial charge is 0.465 e. The van der Waals surface area contributed by atoms with Crippen LogP contribution in [0.15, 0.2) is 42.5 Å². The first-order valence-electron chi connectivity index (χ1n) is 7.84. The second kappa shape index (κ2) is 8.28. The zero-order valence-corrected chi connectivity index (χ0v) is 14.5. The molecular weight excluding hydrogens is 323 g/mol. The van der Waals surface area contributed by atoms with Crippen LogP contribution in [0.2, 0.25) is 0 Å². The summed E-state index contributed by atoms with van der Waals surface area (Å²) < 4.78 is 18.1. The van der Waals surface area contributed by atoms with Crippen molar-refractivity contribution in [3.05, 3.63) is 65.0 Å². The summed E-state index contributed by atoms with van der Waals surface area (Å²) in [6, 6.07) is 11.1. The Morgan fingerprint density at radius 1 is 1.12 bits per heavy atom. The number of nitrogens with zero attached hydrogens (tertiary/aromatic N) is 1. The van der Waals surface area contributed by atoms with Gasteiger partial charge in [0.05, 0.1) is 18.2 Å². The summed E-state index contributed by atoms with van der Waals surface area (Å²) in [5, 5.41) is 2.79. The van der Waals surface area contributed by atoms with Gasteiger partial charge in [-0.15, -0.1) is 0 Å². The average Bonchev–Trinajstić information content (AvgIpc) is 2.61. The van der Waals surface area contributed by atoms with Crippen molar-refractivity contribution in [3.8, 4) is 0 Å². The summed E-state index contributed by atoms with van der Waals surface area (Å²) in [4.78, 5) is 25.5. The molecule has 0 heterocycles. The molecule has 0 aliphatic carbocycles. The second-order valence-electron chi connectivity index (χ2n) is 5.75. The lowest BCUT2D eigenvalue weighted by Gasteiger charge is -2.17. The molecule has 1 N–H and O–H groups in total. The molecule has 0 aromatic heterocycles. The molecule has 0 spiro atoms. The van der Waals surface area contributed by atoms with Crippen LogP contribution in [0, 0.1) is 5.82 Å². The number of rotatable bonds is 6. The Hall–Kier alpha value is -2.89. The minimum Gasteiger partial charge on any atom is -0.465 e. The highest BCUT2D eigenvalue weighted by molar-refractivity contribution is 5.99. The number of benzene rings is 2. The minimum atomic E-state index is -0.450. The van der Waals surface area contributed by atoms with E-state index in [1.807, 2.05) is 12.1 Å². The normalized spacial score (nSPS) is 10.2. The van der Waals surface area contributed by atoms with Crippen molar-refractivity contribution in [2.75, 3.05) is 32.6 Å². The van der Waals surface area contributed by atoms with Crippen molar-refractivity contribution in [3.63, 3.8) is 0 Å². The Kier molecular flexibility index (Phi) is 6.11. The van der Waals surface area contributed by atoms with E-state index in [0.717, 1.165) is 5.56 Å². The van der Waals surface area contributed by atoms with Gasteiger partial charge in [0.15, 0.2) is 0 Å². The van der Waals surface area contributed by atoms with E-state index in [0.29, 0.717) is 29.8 Å². The number of carbonyl (C=O) groups excluding carboxylic acids is 2. The van der Waals surface area contributed by atoms with E-state index in [9.17, 15) is 14.0 Å². The molecule has 6 heteroatoms. The number of ether oxygens (including phenoxy) is 1. The van der Waals surface area contributed by atoms with Crippen LogP contribution in [0.1, 0.15) is 26.3 Å². The molecule has 0 unspecified atom stereocenters. The fourth-order valence-corrected chi connectivity index (χ4v) is 2.42. The molecule has 2 rings (SSSR count). The Balaban J connectivity index is 1.97. The van der Waals surface area contributed by atoms with Crippen LogP contribution < -0.4 is 10.2 Å². The smallest absolute Gasteiger partial charge is 0.337 e. The van der Waals surface area contributed by atoms with Crippen LogP contribution >= 0.6 is 0 Å². The van der Waals surface area contributed by atoms with Crippen molar-refractivity contribution in [2.24, 2.45) is 0 Å². The van der Waals surface area contributed by atoms with Gasteiger partial charge in [0.2, 0.25) is 0 Å². The number of esters is 1. The van der Waals surface area contributed by atoms with Crippen molar-refractivity contribution < 1.29 is 18.7 Å². The number of halogens is 1. The summed E-state index contributed by atoms with van der Waals surface area (Å²) in [5.41, 5.74) is 2.40. The third-order valence-corrected chi connectivity index (χ3v) is 3.76. The van der Waals surface area contributed by atoms with Gasteiger partial charge in [-0.1, -0.05) is 12.1 Å². The zero-order valence-electron chi connectivity index (χ0n) is 14.5. The molecule has 0 atom stereocenters. The molecule has 2 aromatic rings. The van der Waals surface area contributed by atoms with Crippen LogP contribution in [0.5, 0.6) is 0 Å². The lowest BCUT2D eigenvalue weighted by atomic mass is 10.1. The molecule has 1 amide bonds. The van der Waals surface area contributed by atoms with Gasteiger partial charge in [-0.25, -0.2) is 9.18 Å². The molecule has 0 fully saturated rings. The van der Waals surface area contributed by atoms with E-state index in [2.05, 4.69) is 10.1 Å². The molecule has 0 bridgehead atoms. The third-order valence-electron chi connectivity index (χ3n) is 3.76. The van der Waals surface area contributed by atoms with Gasteiger partial charge in [-0.2, -0.15) is 0 Å². The zero-order chi connectivity index (χ0) is 18.4. The number of methoxy groups -OCH3 is 1. The van der Waals surface area contributed by atoms with E-state index in [1.165, 1.54) is 19.2 Å². The molecule has 0 saturated carbocycles. The Bertz CT molecular complexity index is 758. The quantitative estimate of drug-likeness (QED) is 0.819. The number of hydrogen-bond acceptors (Lipinski definition) is 4. The summed E-state index contributed by atoms with van der Waals surface area (Å²) in [6.45, 7) is 0.403. The SMILES string of the molecule is COC(=O)c1ccc(CCNC(=O)c2cc(F)ccc2N(C)C)cc1. The van der Waals surface area contributed by atoms with Crippen LogP contribution in [-0.2, 0) is 11.2 Å². The first kappa shape index (κ1) is 18.4. The molecule has 132 valence electrons. The van der Waals surface area contributed by atoms with E-state index in [4.69, 9.17) is 0 Å². The number of carbonyl (C=O) groups is 2. The first-order valence-corrected chi connectivity index (χ1v) is 7.84. The van der Waals surface area contributed by atoms with E-state index in [1.54, 1.807) is 37.2 Å². The highest BCUT2D eigenvalue weighted by Crippen LogP contribution is 2.19. The molecule has 0 radical (unpaired) electrons. The minimum absolute atomic E-state index is 0.297. The van der Waals surface area contributed by atoms with Gasteiger partial charge in [-0.05, 0) is 42.3 Å². The van der Waals surface area contributed by atoms with Crippen molar-refractivity contribution >= 4 is 17.6 Å². The number of nitrogens with one attached hydrogen (secondary N) is 1. The first-order chi connectivity index (χ1) is 11.9. The molecule has 2 aromatic carbocycles. The maximum absolute atomic E-state index is 13.5. The predicted molar refractivity (Wildman–Crippen MR) is 94.5 cm³/mol. The third kappa shape index (κ3) is 4.79. The average molecular weight is 344 g/mol. The van der Waals surface area contributed by atoms with E-state index in [-0.39, 0.29) is 11.9 Å². The van der Waals surface area contributed by atoms with Crippen molar-refractivity contribution in [2.45, 2.75) is 6.42 Å². The van der Waals surface area contributed by atoms with Gasteiger partial charge in [0.1, 0.15) is 5.82 Å². The maximum atomic E-state index is 13.5. The molecule has 0 saturated heterocycles. The fraction of sp³-hybridized carbons (Fsp3) is 0.263. The van der Waals surface area contributed by atoms with Crippen LogP contribution in [0.4, 0.5) is 10.1 Å². The van der Waals surface area contributed by atoms with Gasteiger partial charge in [0.25, 0.3) is 5.91 Å².